The summed E-state index contributed by atoms with van der Waals surface area (Å²) < 4.78 is 0. The number of hydrogen-bond acceptors (Lipinski definition) is 3. The van der Waals surface area contributed by atoms with Gasteiger partial charge in [-0.2, -0.15) is 0 Å². The van der Waals surface area contributed by atoms with Crippen LogP contribution in [0, 0.1) is 11.8 Å². The second-order valence-electron chi connectivity index (χ2n) is 6.97. The number of benzene rings is 1. The Bertz CT molecular complexity index is 784. The summed E-state index contributed by atoms with van der Waals surface area (Å²) >= 11 is 0. The zero-order valence-electron chi connectivity index (χ0n) is 14.3. The molecule has 2 N–H and O–H groups in total. The minimum Gasteiger partial charge on any atom is -0.353 e. The lowest BCUT2D eigenvalue weighted by atomic mass is 9.78. The molecule has 2 aromatic rings. The normalized spacial score (nSPS) is 24.0. The van der Waals surface area contributed by atoms with Crippen LogP contribution in [0.25, 0.3) is 10.9 Å². The molecule has 0 radical (unpaired) electrons. The van der Waals surface area contributed by atoms with Crippen molar-refractivity contribution in [2.75, 3.05) is 0 Å². The van der Waals surface area contributed by atoms with Crippen molar-refractivity contribution in [3.8, 4) is 0 Å². The van der Waals surface area contributed by atoms with Crippen molar-refractivity contribution in [3.05, 3.63) is 40.4 Å². The predicted molar refractivity (Wildman–Crippen MR) is 94.8 cm³/mol. The highest BCUT2D eigenvalue weighted by molar-refractivity contribution is 5.78. The maximum absolute atomic E-state index is 12.3. The number of aromatic nitrogens is 2. The average molecular weight is 327 g/mol. The van der Waals surface area contributed by atoms with Crippen LogP contribution in [-0.2, 0) is 11.2 Å². The van der Waals surface area contributed by atoms with Crippen LogP contribution in [0.3, 0.4) is 0 Å². The smallest absolute Gasteiger partial charge is 0.258 e. The Morgan fingerprint density at radius 1 is 1.29 bits per heavy atom. The van der Waals surface area contributed by atoms with Crippen LogP contribution in [-0.4, -0.2) is 21.9 Å². The molecule has 1 amide bonds. The molecular weight excluding hydrogens is 302 g/mol. The van der Waals surface area contributed by atoms with Gasteiger partial charge in [0.05, 0.1) is 10.9 Å². The Kier molecular flexibility index (Phi) is 4.97. The molecule has 1 aromatic heterocycles. The van der Waals surface area contributed by atoms with Gasteiger partial charge in [-0.3, -0.25) is 9.59 Å². The van der Waals surface area contributed by atoms with Crippen molar-refractivity contribution in [1.82, 2.24) is 15.3 Å². The lowest BCUT2D eigenvalue weighted by molar-refractivity contribution is -0.122. The summed E-state index contributed by atoms with van der Waals surface area (Å²) in [5.74, 6) is 1.78. The minimum absolute atomic E-state index is 0.0387. The number of amides is 1. The summed E-state index contributed by atoms with van der Waals surface area (Å²) in [5.41, 5.74) is 0.525. The molecule has 1 aliphatic rings. The van der Waals surface area contributed by atoms with Crippen molar-refractivity contribution in [2.24, 2.45) is 11.8 Å². The Hall–Kier alpha value is -2.17. The highest BCUT2D eigenvalue weighted by atomic mass is 16.1. The van der Waals surface area contributed by atoms with Gasteiger partial charge in [-0.1, -0.05) is 38.8 Å². The summed E-state index contributed by atoms with van der Waals surface area (Å²) in [4.78, 5) is 31.5. The van der Waals surface area contributed by atoms with E-state index in [9.17, 15) is 9.59 Å². The van der Waals surface area contributed by atoms with E-state index in [1.54, 1.807) is 6.07 Å². The fourth-order valence-corrected chi connectivity index (χ4v) is 3.55. The Morgan fingerprint density at radius 2 is 2.08 bits per heavy atom. The molecule has 128 valence electrons. The van der Waals surface area contributed by atoms with Gasteiger partial charge in [0, 0.05) is 18.9 Å². The molecule has 1 aliphatic carbocycles. The summed E-state index contributed by atoms with van der Waals surface area (Å²) in [6.45, 7) is 4.48. The van der Waals surface area contributed by atoms with Crippen molar-refractivity contribution < 1.29 is 4.79 Å². The number of rotatable bonds is 4. The number of nitrogens with one attached hydrogen (secondary N) is 2. The first-order valence-electron chi connectivity index (χ1n) is 8.82. The van der Waals surface area contributed by atoms with E-state index in [2.05, 4.69) is 29.1 Å². The average Bonchev–Trinajstić information content (AvgIpc) is 2.57. The maximum Gasteiger partial charge on any atom is 0.258 e. The van der Waals surface area contributed by atoms with Crippen LogP contribution >= 0.6 is 0 Å². The lowest BCUT2D eigenvalue weighted by Gasteiger charge is -2.34. The van der Waals surface area contributed by atoms with Crippen LogP contribution in [0.5, 0.6) is 0 Å². The second kappa shape index (κ2) is 7.16. The summed E-state index contributed by atoms with van der Waals surface area (Å²) in [6.07, 6.45) is 4.27. The van der Waals surface area contributed by atoms with E-state index in [4.69, 9.17) is 0 Å². The minimum atomic E-state index is -0.147. The number of aryl methyl sites for hydroxylation is 1. The van der Waals surface area contributed by atoms with Crippen LogP contribution in [0.2, 0.25) is 0 Å². The second-order valence-corrected chi connectivity index (χ2v) is 6.97. The molecule has 1 fully saturated rings. The number of para-hydroxylation sites is 1. The van der Waals surface area contributed by atoms with Crippen molar-refractivity contribution in [3.63, 3.8) is 0 Å². The van der Waals surface area contributed by atoms with Gasteiger partial charge in [0.25, 0.3) is 5.56 Å². The van der Waals surface area contributed by atoms with Gasteiger partial charge in [0.15, 0.2) is 0 Å². The Labute approximate surface area is 141 Å². The van der Waals surface area contributed by atoms with Crippen molar-refractivity contribution in [1.29, 1.82) is 0 Å². The molecule has 3 rings (SSSR count). The van der Waals surface area contributed by atoms with E-state index < -0.39 is 0 Å². The first-order valence-corrected chi connectivity index (χ1v) is 8.82. The number of carbonyl (C=O) groups excluding carboxylic acids is 1. The fourth-order valence-electron chi connectivity index (χ4n) is 3.55. The molecule has 0 bridgehead atoms. The highest BCUT2D eigenvalue weighted by Gasteiger charge is 2.27. The molecular formula is C19H25N3O2. The number of aromatic amines is 1. The zero-order valence-corrected chi connectivity index (χ0v) is 14.3. The fraction of sp³-hybridized carbons (Fsp3) is 0.526. The first kappa shape index (κ1) is 16.7. The standard InChI is InChI=1S/C19H25N3O2/c1-12-6-5-9-15(13(12)2)21-18(23)11-10-17-20-16-8-4-3-7-14(16)19(24)22-17/h3-4,7-8,12-13,15H,5-6,9-11H2,1-2H3,(H,21,23)(H,20,22,24)/t12-,13-,15+/m1/s1. The molecule has 0 aliphatic heterocycles. The van der Waals surface area contributed by atoms with Crippen LogP contribution in [0.1, 0.15) is 45.4 Å². The lowest BCUT2D eigenvalue weighted by Crippen LogP contribution is -2.43. The maximum atomic E-state index is 12.3. The molecule has 1 aromatic carbocycles. The van der Waals surface area contributed by atoms with Crippen molar-refractivity contribution in [2.45, 2.75) is 52.0 Å². The Balaban J connectivity index is 1.61. The van der Waals surface area contributed by atoms with Crippen molar-refractivity contribution >= 4 is 16.8 Å². The van der Waals surface area contributed by atoms with E-state index in [0.717, 1.165) is 6.42 Å². The zero-order chi connectivity index (χ0) is 17.1. The summed E-state index contributed by atoms with van der Waals surface area (Å²) in [7, 11) is 0. The van der Waals surface area contributed by atoms with E-state index in [1.165, 1.54) is 12.8 Å². The van der Waals surface area contributed by atoms with Gasteiger partial charge >= 0.3 is 0 Å². The molecule has 5 heteroatoms. The molecule has 1 heterocycles. The molecule has 1 saturated carbocycles. The molecule has 24 heavy (non-hydrogen) atoms. The third-order valence-corrected chi connectivity index (χ3v) is 5.30. The number of nitrogens with zero attached hydrogens (tertiary/aromatic N) is 1. The van der Waals surface area contributed by atoms with Crippen LogP contribution in [0.15, 0.2) is 29.1 Å². The van der Waals surface area contributed by atoms with Crippen LogP contribution < -0.4 is 10.9 Å². The van der Waals surface area contributed by atoms with E-state index in [-0.39, 0.29) is 17.5 Å². The molecule has 0 spiro atoms. The molecule has 0 saturated heterocycles. The van der Waals surface area contributed by atoms with Gasteiger partial charge in [-0.25, -0.2) is 4.98 Å². The quantitative estimate of drug-likeness (QED) is 0.907. The first-order chi connectivity index (χ1) is 11.5. The third kappa shape index (κ3) is 3.66. The molecule has 5 nitrogen and oxygen atoms in total. The topological polar surface area (TPSA) is 74.8 Å². The predicted octanol–water partition coefficient (Wildman–Crippen LogP) is 2.80. The summed E-state index contributed by atoms with van der Waals surface area (Å²) in [6, 6.07) is 7.52. The summed E-state index contributed by atoms with van der Waals surface area (Å²) in [5, 5.41) is 3.74. The number of hydrogen-bond donors (Lipinski definition) is 2. The van der Waals surface area contributed by atoms with Gasteiger partial charge < -0.3 is 10.3 Å². The largest absolute Gasteiger partial charge is 0.353 e. The van der Waals surface area contributed by atoms with E-state index in [0.29, 0.717) is 41.4 Å². The molecule has 0 unspecified atom stereocenters. The van der Waals surface area contributed by atoms with Gasteiger partial charge in [-0.05, 0) is 30.4 Å². The van der Waals surface area contributed by atoms with Crippen LogP contribution in [0.4, 0.5) is 0 Å². The molecule has 3 atom stereocenters. The van der Waals surface area contributed by atoms with E-state index >= 15 is 0 Å². The van der Waals surface area contributed by atoms with Gasteiger partial charge in [0.1, 0.15) is 5.82 Å². The number of fused-ring (bicyclic) bond motifs is 1. The monoisotopic (exact) mass is 327 g/mol. The Morgan fingerprint density at radius 3 is 2.92 bits per heavy atom. The number of carbonyl (C=O) groups is 1. The van der Waals surface area contributed by atoms with E-state index in [1.807, 2.05) is 18.2 Å². The third-order valence-electron chi connectivity index (χ3n) is 5.30. The van der Waals surface area contributed by atoms with Gasteiger partial charge in [-0.15, -0.1) is 0 Å². The SMILES string of the molecule is C[C@@H]1[C@H](C)CCC[C@@H]1NC(=O)CCc1nc2ccccc2c(=O)[nH]1. The highest BCUT2D eigenvalue weighted by Crippen LogP contribution is 2.29. The van der Waals surface area contributed by atoms with Gasteiger partial charge in [0.2, 0.25) is 5.91 Å². The number of H-pyrrole nitrogens is 1.